The van der Waals surface area contributed by atoms with Crippen LogP contribution >= 0.6 is 0 Å². The predicted molar refractivity (Wildman–Crippen MR) is 98.7 cm³/mol. The maximum Gasteiger partial charge on any atom is 0.251 e. The lowest BCUT2D eigenvalue weighted by atomic mass is 10.1. The van der Waals surface area contributed by atoms with E-state index in [-0.39, 0.29) is 17.3 Å². The van der Waals surface area contributed by atoms with E-state index >= 15 is 0 Å². The number of amides is 1. The summed E-state index contributed by atoms with van der Waals surface area (Å²) in [5, 5.41) is 2.77. The first-order valence-corrected chi connectivity index (χ1v) is 9.76. The van der Waals surface area contributed by atoms with Crippen molar-refractivity contribution < 1.29 is 13.2 Å². The van der Waals surface area contributed by atoms with Crippen molar-refractivity contribution in [2.45, 2.75) is 30.7 Å². The Labute approximate surface area is 152 Å². The number of fused-ring (bicyclic) bond motifs is 1. The van der Waals surface area contributed by atoms with Crippen molar-refractivity contribution in [3.8, 4) is 0 Å². The molecule has 8 heteroatoms. The molecule has 26 heavy (non-hydrogen) atoms. The van der Waals surface area contributed by atoms with Gasteiger partial charge in [0.15, 0.2) is 0 Å². The van der Waals surface area contributed by atoms with Crippen molar-refractivity contribution in [1.29, 1.82) is 0 Å². The van der Waals surface area contributed by atoms with Gasteiger partial charge in [0.05, 0.1) is 4.90 Å². The van der Waals surface area contributed by atoms with E-state index in [1.54, 1.807) is 0 Å². The average Bonchev–Trinajstić information content (AvgIpc) is 3.04. The molecule has 1 aromatic carbocycles. The molecule has 0 atom stereocenters. The topological polar surface area (TPSA) is 88.5 Å². The molecule has 3 rings (SSSR count). The average molecular weight is 375 g/mol. The van der Waals surface area contributed by atoms with Crippen LogP contribution in [0.3, 0.4) is 0 Å². The minimum Gasteiger partial charge on any atom is -0.325 e. The maximum absolute atomic E-state index is 12.3. The van der Waals surface area contributed by atoms with Gasteiger partial charge in [-0.2, -0.15) is 0 Å². The van der Waals surface area contributed by atoms with Gasteiger partial charge >= 0.3 is 0 Å². The molecule has 0 saturated carbocycles. The highest BCUT2D eigenvalue weighted by Crippen LogP contribution is 2.24. The molecular weight excluding hydrogens is 354 g/mol. The minimum absolute atomic E-state index is 0.0348. The molecule has 138 valence electrons. The molecule has 1 aliphatic carbocycles. The van der Waals surface area contributed by atoms with Gasteiger partial charge in [-0.15, -0.1) is 0 Å². The van der Waals surface area contributed by atoms with Crippen LogP contribution in [0, 0.1) is 0 Å². The fraction of sp³-hybridized carbons (Fsp3) is 0.333. The smallest absolute Gasteiger partial charge is 0.251 e. The van der Waals surface area contributed by atoms with Crippen LogP contribution in [0.5, 0.6) is 0 Å². The van der Waals surface area contributed by atoms with Gasteiger partial charge in [-0.3, -0.25) is 9.59 Å². The molecule has 0 saturated heterocycles. The van der Waals surface area contributed by atoms with E-state index in [0.717, 1.165) is 34.2 Å². The first-order valence-electron chi connectivity index (χ1n) is 8.32. The highest BCUT2D eigenvalue weighted by Gasteiger charge is 2.19. The van der Waals surface area contributed by atoms with E-state index < -0.39 is 15.6 Å². The van der Waals surface area contributed by atoms with Gasteiger partial charge < -0.3 is 9.88 Å². The zero-order valence-electron chi connectivity index (χ0n) is 14.7. The number of pyridine rings is 1. The first-order chi connectivity index (χ1) is 12.3. The molecule has 7 nitrogen and oxygen atoms in total. The number of benzene rings is 1. The molecule has 1 aliphatic rings. The second-order valence-electron chi connectivity index (χ2n) is 6.50. The van der Waals surface area contributed by atoms with Crippen LogP contribution in [-0.2, 0) is 34.2 Å². The number of hydrogen-bond acceptors (Lipinski definition) is 4. The summed E-state index contributed by atoms with van der Waals surface area (Å²) < 4.78 is 26.5. The largest absolute Gasteiger partial charge is 0.325 e. The lowest BCUT2D eigenvalue weighted by molar-refractivity contribution is -0.116. The van der Waals surface area contributed by atoms with Crippen molar-refractivity contribution in [3.05, 3.63) is 58.0 Å². The molecule has 1 N–H and O–H groups in total. The van der Waals surface area contributed by atoms with Gasteiger partial charge in [-0.25, -0.2) is 12.7 Å². The number of carbonyl (C=O) groups excluding carboxylic acids is 1. The number of sulfonamides is 1. The summed E-state index contributed by atoms with van der Waals surface area (Å²) in [6.07, 6.45) is 4.38. The van der Waals surface area contributed by atoms with Crippen LogP contribution in [0.1, 0.15) is 17.5 Å². The molecule has 0 radical (unpaired) electrons. The lowest BCUT2D eigenvalue weighted by Gasteiger charge is -2.13. The Morgan fingerprint density at radius 2 is 1.88 bits per heavy atom. The summed E-state index contributed by atoms with van der Waals surface area (Å²) in [4.78, 5) is 24.2. The Morgan fingerprint density at radius 3 is 2.62 bits per heavy atom. The van der Waals surface area contributed by atoms with Gasteiger partial charge in [0.1, 0.15) is 6.54 Å². The van der Waals surface area contributed by atoms with Crippen molar-refractivity contribution in [2.75, 3.05) is 19.4 Å². The predicted octanol–water partition coefficient (Wildman–Crippen LogP) is 1.23. The third-order valence-electron chi connectivity index (χ3n) is 4.43. The van der Waals surface area contributed by atoms with E-state index in [1.165, 1.54) is 37.5 Å². The summed E-state index contributed by atoms with van der Waals surface area (Å²) in [5.41, 5.74) is 2.78. The van der Waals surface area contributed by atoms with Crippen LogP contribution in [0.25, 0.3) is 0 Å². The molecule has 0 bridgehead atoms. The van der Waals surface area contributed by atoms with E-state index in [4.69, 9.17) is 0 Å². The number of anilines is 1. The standard InChI is InChI=1S/C18H21N3O4S/c1-20(2)26(24,25)16-8-9-18(23)21(11-16)12-17(22)19-15-7-6-13-4-3-5-14(13)10-15/h6-11H,3-5,12H2,1-2H3,(H,19,22). The van der Waals surface area contributed by atoms with E-state index in [0.29, 0.717) is 5.69 Å². The van der Waals surface area contributed by atoms with Crippen molar-refractivity contribution in [3.63, 3.8) is 0 Å². The van der Waals surface area contributed by atoms with Crippen LogP contribution in [0.2, 0.25) is 0 Å². The zero-order chi connectivity index (χ0) is 18.9. The molecule has 0 aliphatic heterocycles. The van der Waals surface area contributed by atoms with E-state index in [9.17, 15) is 18.0 Å². The Bertz CT molecular complexity index is 1010. The number of aryl methyl sites for hydroxylation is 2. The third-order valence-corrected chi connectivity index (χ3v) is 6.23. The monoisotopic (exact) mass is 375 g/mol. The summed E-state index contributed by atoms with van der Waals surface area (Å²) >= 11 is 0. The highest BCUT2D eigenvalue weighted by atomic mass is 32.2. The quantitative estimate of drug-likeness (QED) is 0.851. The second-order valence-corrected chi connectivity index (χ2v) is 8.66. The Balaban J connectivity index is 1.78. The molecule has 2 aromatic rings. The third kappa shape index (κ3) is 3.71. The summed E-state index contributed by atoms with van der Waals surface area (Å²) in [6.45, 7) is -0.257. The molecule has 1 aromatic heterocycles. The molecule has 0 spiro atoms. The maximum atomic E-state index is 12.3. The summed E-state index contributed by atoms with van der Waals surface area (Å²) in [6, 6.07) is 8.20. The lowest BCUT2D eigenvalue weighted by Crippen LogP contribution is -2.29. The Hall–Kier alpha value is -2.45. The number of rotatable bonds is 5. The van der Waals surface area contributed by atoms with Crippen molar-refractivity contribution >= 4 is 21.6 Å². The zero-order valence-corrected chi connectivity index (χ0v) is 15.5. The van der Waals surface area contributed by atoms with E-state index in [2.05, 4.69) is 5.32 Å². The number of nitrogens with one attached hydrogen (secondary N) is 1. The molecular formula is C18H21N3O4S. The van der Waals surface area contributed by atoms with Gasteiger partial charge in [-0.1, -0.05) is 6.07 Å². The van der Waals surface area contributed by atoms with Crippen LogP contribution < -0.4 is 10.9 Å². The van der Waals surface area contributed by atoms with Gasteiger partial charge in [0.2, 0.25) is 15.9 Å². The van der Waals surface area contributed by atoms with E-state index in [1.807, 2.05) is 18.2 Å². The van der Waals surface area contributed by atoms with Crippen LogP contribution in [-0.4, -0.2) is 37.3 Å². The van der Waals surface area contributed by atoms with Gasteiger partial charge in [0.25, 0.3) is 5.56 Å². The van der Waals surface area contributed by atoms with Crippen LogP contribution in [0.15, 0.2) is 46.2 Å². The van der Waals surface area contributed by atoms with Gasteiger partial charge in [-0.05, 0) is 48.6 Å². The number of nitrogens with zero attached hydrogens (tertiary/aromatic N) is 2. The molecule has 0 unspecified atom stereocenters. The fourth-order valence-corrected chi connectivity index (χ4v) is 3.92. The first kappa shape index (κ1) is 18.3. The molecule has 1 heterocycles. The number of hydrogen-bond donors (Lipinski definition) is 1. The summed E-state index contributed by atoms with van der Waals surface area (Å²) in [5.74, 6) is -0.385. The Morgan fingerprint density at radius 1 is 1.15 bits per heavy atom. The van der Waals surface area contributed by atoms with Gasteiger partial charge in [0, 0.05) is 32.0 Å². The highest BCUT2D eigenvalue weighted by molar-refractivity contribution is 7.89. The second kappa shape index (κ2) is 7.05. The summed E-state index contributed by atoms with van der Waals surface area (Å²) in [7, 11) is -0.860. The van der Waals surface area contributed by atoms with Crippen molar-refractivity contribution in [2.24, 2.45) is 0 Å². The normalized spacial score (nSPS) is 13.7. The van der Waals surface area contributed by atoms with Crippen LogP contribution in [0.4, 0.5) is 5.69 Å². The SMILES string of the molecule is CN(C)S(=O)(=O)c1ccc(=O)n(CC(=O)Nc2ccc3c(c2)CCC3)c1. The minimum atomic E-state index is -3.68. The Kier molecular flexibility index (Phi) is 4.97. The molecule has 0 fully saturated rings. The number of carbonyl (C=O) groups is 1. The molecule has 1 amide bonds. The number of aromatic nitrogens is 1. The fourth-order valence-electron chi connectivity index (χ4n) is 3.00. The van der Waals surface area contributed by atoms with Crippen molar-refractivity contribution in [1.82, 2.24) is 8.87 Å².